The first-order valence-electron chi connectivity index (χ1n) is 8.70. The first kappa shape index (κ1) is 17.5. The highest BCUT2D eigenvalue weighted by molar-refractivity contribution is 7.09. The van der Waals surface area contributed by atoms with E-state index >= 15 is 0 Å². The van der Waals surface area contributed by atoms with E-state index in [0.717, 1.165) is 12.8 Å². The van der Waals surface area contributed by atoms with Gasteiger partial charge in [0.15, 0.2) is 16.3 Å². The van der Waals surface area contributed by atoms with E-state index in [1.807, 2.05) is 11.6 Å². The zero-order valence-corrected chi connectivity index (χ0v) is 16.3. The number of benzene rings is 2. The molecule has 1 aliphatic rings. The van der Waals surface area contributed by atoms with Crippen LogP contribution in [0.1, 0.15) is 20.8 Å². The Balaban J connectivity index is 1.76. The van der Waals surface area contributed by atoms with Crippen LogP contribution >= 0.6 is 11.3 Å². The molecule has 0 radical (unpaired) electrons. The summed E-state index contributed by atoms with van der Waals surface area (Å²) in [5, 5.41) is 0. The van der Waals surface area contributed by atoms with Gasteiger partial charge in [-0.15, -0.1) is 11.3 Å². The van der Waals surface area contributed by atoms with Crippen LogP contribution in [0.2, 0.25) is 0 Å². The molecule has 0 unspecified atom stereocenters. The van der Waals surface area contributed by atoms with Crippen molar-refractivity contribution in [3.8, 4) is 22.8 Å². The predicted octanol–water partition coefficient (Wildman–Crippen LogP) is 3.61. The number of methoxy groups -OCH3 is 2. The highest BCUT2D eigenvalue weighted by Crippen LogP contribution is 2.34. The summed E-state index contributed by atoms with van der Waals surface area (Å²) in [6.07, 6.45) is 2.00. The Bertz CT molecular complexity index is 1100. The number of carbonyl (C=O) groups excluding carboxylic acids is 1. The van der Waals surface area contributed by atoms with Crippen molar-refractivity contribution < 1.29 is 14.3 Å². The minimum Gasteiger partial charge on any atom is -0.493 e. The molecule has 138 valence electrons. The third kappa shape index (κ3) is 3.06. The smallest absolute Gasteiger partial charge is 0.279 e. The van der Waals surface area contributed by atoms with Crippen molar-refractivity contribution in [3.63, 3.8) is 0 Å². The van der Waals surface area contributed by atoms with Gasteiger partial charge in [-0.3, -0.25) is 4.79 Å². The Kier molecular flexibility index (Phi) is 4.58. The topological polar surface area (TPSA) is 52.8 Å². The van der Waals surface area contributed by atoms with Gasteiger partial charge in [0.2, 0.25) is 0 Å². The predicted molar refractivity (Wildman–Crippen MR) is 106 cm³/mol. The molecular weight excluding hydrogens is 360 g/mol. The monoisotopic (exact) mass is 380 g/mol. The SMILES string of the molecule is COc1ccc(C(=O)N=c2sc3c(n2C)-c2ccccc2CC3)cc1OC. The summed E-state index contributed by atoms with van der Waals surface area (Å²) in [7, 11) is 5.09. The van der Waals surface area contributed by atoms with Crippen molar-refractivity contribution in [1.82, 2.24) is 4.57 Å². The number of ether oxygens (including phenoxy) is 2. The highest BCUT2D eigenvalue weighted by atomic mass is 32.1. The largest absolute Gasteiger partial charge is 0.493 e. The Labute approximate surface area is 161 Å². The number of amides is 1. The molecule has 0 bridgehead atoms. The van der Waals surface area contributed by atoms with Crippen LogP contribution in [0.25, 0.3) is 11.3 Å². The fourth-order valence-corrected chi connectivity index (χ4v) is 4.57. The molecule has 0 fully saturated rings. The molecule has 0 spiro atoms. The van der Waals surface area contributed by atoms with E-state index in [2.05, 4.69) is 29.3 Å². The summed E-state index contributed by atoms with van der Waals surface area (Å²) in [5.74, 6) is 0.809. The Morgan fingerprint density at radius 1 is 1.07 bits per heavy atom. The number of rotatable bonds is 3. The number of thiazole rings is 1. The van der Waals surface area contributed by atoms with Crippen LogP contribution in [0, 0.1) is 0 Å². The normalized spacial score (nSPS) is 13.1. The van der Waals surface area contributed by atoms with E-state index in [1.54, 1.807) is 43.8 Å². The zero-order valence-electron chi connectivity index (χ0n) is 15.5. The lowest BCUT2D eigenvalue weighted by molar-refractivity contribution is 0.0997. The maximum Gasteiger partial charge on any atom is 0.279 e. The minimum atomic E-state index is -0.293. The first-order chi connectivity index (χ1) is 13.1. The molecule has 5 nitrogen and oxygen atoms in total. The summed E-state index contributed by atoms with van der Waals surface area (Å²) in [6, 6.07) is 13.5. The van der Waals surface area contributed by atoms with Crippen LogP contribution in [0.3, 0.4) is 0 Å². The second-order valence-electron chi connectivity index (χ2n) is 6.36. The van der Waals surface area contributed by atoms with E-state index in [-0.39, 0.29) is 5.91 Å². The molecule has 0 aliphatic heterocycles. The van der Waals surface area contributed by atoms with Crippen molar-refractivity contribution in [1.29, 1.82) is 0 Å². The van der Waals surface area contributed by atoms with Crippen LogP contribution in [-0.4, -0.2) is 24.7 Å². The Morgan fingerprint density at radius 2 is 1.85 bits per heavy atom. The molecule has 1 aromatic heterocycles. The lowest BCUT2D eigenvalue weighted by Gasteiger charge is -2.16. The van der Waals surface area contributed by atoms with Crippen molar-refractivity contribution in [2.75, 3.05) is 14.2 Å². The third-order valence-electron chi connectivity index (χ3n) is 4.82. The average Bonchev–Trinajstić information content (AvgIpc) is 3.03. The molecule has 6 heteroatoms. The molecule has 2 aromatic carbocycles. The van der Waals surface area contributed by atoms with Crippen molar-refractivity contribution in [2.45, 2.75) is 12.8 Å². The van der Waals surface area contributed by atoms with Gasteiger partial charge in [0.05, 0.1) is 19.9 Å². The molecule has 1 aliphatic carbocycles. The van der Waals surface area contributed by atoms with Gasteiger partial charge in [-0.25, -0.2) is 0 Å². The van der Waals surface area contributed by atoms with Crippen LogP contribution in [0.5, 0.6) is 11.5 Å². The second-order valence-corrected chi connectivity index (χ2v) is 7.42. The van der Waals surface area contributed by atoms with E-state index in [1.165, 1.54) is 21.7 Å². The summed E-state index contributed by atoms with van der Waals surface area (Å²) in [6.45, 7) is 0. The zero-order chi connectivity index (χ0) is 19.0. The van der Waals surface area contributed by atoms with E-state index in [9.17, 15) is 4.79 Å². The second kappa shape index (κ2) is 7.04. The Morgan fingerprint density at radius 3 is 2.63 bits per heavy atom. The summed E-state index contributed by atoms with van der Waals surface area (Å²) in [4.78, 5) is 19.1. The van der Waals surface area contributed by atoms with Gasteiger partial charge in [0, 0.05) is 23.1 Å². The summed E-state index contributed by atoms with van der Waals surface area (Å²) >= 11 is 1.59. The van der Waals surface area contributed by atoms with Crippen molar-refractivity contribution >= 4 is 17.2 Å². The summed E-state index contributed by atoms with van der Waals surface area (Å²) in [5.41, 5.74) is 4.22. The van der Waals surface area contributed by atoms with Gasteiger partial charge in [-0.05, 0) is 36.6 Å². The van der Waals surface area contributed by atoms with Gasteiger partial charge >= 0.3 is 0 Å². The van der Waals surface area contributed by atoms with Gasteiger partial charge < -0.3 is 14.0 Å². The summed E-state index contributed by atoms with van der Waals surface area (Å²) < 4.78 is 12.5. The number of hydrogen-bond donors (Lipinski definition) is 0. The molecule has 4 rings (SSSR count). The fraction of sp³-hybridized carbons (Fsp3) is 0.238. The van der Waals surface area contributed by atoms with Gasteiger partial charge in [0.1, 0.15) is 0 Å². The molecule has 0 N–H and O–H groups in total. The van der Waals surface area contributed by atoms with Crippen molar-refractivity contribution in [3.05, 3.63) is 63.3 Å². The van der Waals surface area contributed by atoms with Crippen LogP contribution in [0.4, 0.5) is 0 Å². The maximum atomic E-state index is 12.7. The van der Waals surface area contributed by atoms with Crippen LogP contribution < -0.4 is 14.3 Å². The van der Waals surface area contributed by atoms with Crippen molar-refractivity contribution in [2.24, 2.45) is 12.0 Å². The number of fused-ring (bicyclic) bond motifs is 3. The first-order valence-corrected chi connectivity index (χ1v) is 9.52. The van der Waals surface area contributed by atoms with E-state index < -0.39 is 0 Å². The van der Waals surface area contributed by atoms with Gasteiger partial charge in [0.25, 0.3) is 5.91 Å². The molecule has 3 aromatic rings. The standard InChI is InChI=1S/C21H20N2O3S/c1-23-19-15-7-5-4-6-13(15)9-11-18(19)27-21(23)22-20(24)14-8-10-16(25-2)17(12-14)26-3/h4-8,10,12H,9,11H2,1-3H3. The van der Waals surface area contributed by atoms with Gasteiger partial charge in [-0.1, -0.05) is 24.3 Å². The molecule has 0 saturated carbocycles. The number of aryl methyl sites for hydroxylation is 2. The van der Waals surface area contributed by atoms with Crippen LogP contribution in [-0.2, 0) is 19.9 Å². The third-order valence-corrected chi connectivity index (χ3v) is 6.01. The fourth-order valence-electron chi connectivity index (χ4n) is 3.45. The maximum absolute atomic E-state index is 12.7. The molecule has 0 atom stereocenters. The quantitative estimate of drug-likeness (QED) is 0.697. The molecule has 0 saturated heterocycles. The lowest BCUT2D eigenvalue weighted by Crippen LogP contribution is -2.15. The number of carbonyl (C=O) groups is 1. The Hall–Kier alpha value is -2.86. The number of aromatic nitrogens is 1. The number of nitrogens with zero attached hydrogens (tertiary/aromatic N) is 2. The van der Waals surface area contributed by atoms with E-state index in [4.69, 9.17) is 9.47 Å². The number of hydrogen-bond acceptors (Lipinski definition) is 4. The minimum absolute atomic E-state index is 0.293. The van der Waals surface area contributed by atoms with Crippen LogP contribution in [0.15, 0.2) is 47.5 Å². The molecule has 1 amide bonds. The lowest BCUT2D eigenvalue weighted by atomic mass is 9.93. The molecule has 27 heavy (non-hydrogen) atoms. The average molecular weight is 380 g/mol. The molecular formula is C21H20N2O3S. The van der Waals surface area contributed by atoms with Gasteiger partial charge in [-0.2, -0.15) is 4.99 Å². The van der Waals surface area contributed by atoms with E-state index in [0.29, 0.717) is 21.9 Å². The highest BCUT2D eigenvalue weighted by Gasteiger charge is 2.21. The molecule has 1 heterocycles.